The lowest BCUT2D eigenvalue weighted by atomic mass is 10.2. The van der Waals surface area contributed by atoms with Gasteiger partial charge in [-0.2, -0.15) is 0 Å². The summed E-state index contributed by atoms with van der Waals surface area (Å²) < 4.78 is 0. The fraction of sp³-hybridized carbons (Fsp3) is 0.125. The van der Waals surface area contributed by atoms with Gasteiger partial charge in [-0.3, -0.25) is 4.79 Å². The van der Waals surface area contributed by atoms with Gasteiger partial charge in [0.2, 0.25) is 5.96 Å². The molecular weight excluding hydrogens is 250 g/mol. The predicted molar refractivity (Wildman–Crippen MR) is 81.0 cm³/mol. The maximum atomic E-state index is 12.0. The highest BCUT2D eigenvalue weighted by molar-refractivity contribution is 6.24. The minimum Gasteiger partial charge on any atom is -0.326 e. The largest absolute Gasteiger partial charge is 0.326 e. The summed E-state index contributed by atoms with van der Waals surface area (Å²) >= 11 is 0. The van der Waals surface area contributed by atoms with E-state index in [2.05, 4.69) is 10.3 Å². The molecule has 1 amide bonds. The number of anilines is 2. The number of para-hydroxylation sites is 1. The molecule has 2 aromatic rings. The molecular formula is C16H15N3O. The molecule has 0 saturated heterocycles. The van der Waals surface area contributed by atoms with E-state index in [9.17, 15) is 4.79 Å². The first kappa shape index (κ1) is 12.4. The van der Waals surface area contributed by atoms with Gasteiger partial charge in [-0.05, 0) is 36.8 Å². The zero-order valence-corrected chi connectivity index (χ0v) is 11.2. The summed E-state index contributed by atoms with van der Waals surface area (Å²) in [5, 5.41) is 3.22. The molecule has 0 bridgehead atoms. The fourth-order valence-corrected chi connectivity index (χ4v) is 2.19. The van der Waals surface area contributed by atoms with E-state index in [1.807, 2.05) is 61.5 Å². The van der Waals surface area contributed by atoms with Gasteiger partial charge in [0.25, 0.3) is 5.91 Å². The second-order valence-corrected chi connectivity index (χ2v) is 4.70. The van der Waals surface area contributed by atoms with Crippen LogP contribution in [-0.2, 0) is 4.79 Å². The van der Waals surface area contributed by atoms with Crippen LogP contribution in [0.1, 0.15) is 5.56 Å². The molecule has 4 nitrogen and oxygen atoms in total. The van der Waals surface area contributed by atoms with Gasteiger partial charge < -0.3 is 5.32 Å². The Bertz CT molecular complexity index is 664. The third-order valence-electron chi connectivity index (χ3n) is 3.11. The molecule has 0 aromatic heterocycles. The summed E-state index contributed by atoms with van der Waals surface area (Å²) in [5.41, 5.74) is 2.92. The van der Waals surface area contributed by atoms with Gasteiger partial charge in [-0.1, -0.05) is 30.3 Å². The monoisotopic (exact) mass is 265 g/mol. The molecule has 0 aliphatic carbocycles. The van der Waals surface area contributed by atoms with Gasteiger partial charge in [-0.25, -0.2) is 9.89 Å². The van der Waals surface area contributed by atoms with Gasteiger partial charge >= 0.3 is 0 Å². The Kier molecular flexibility index (Phi) is 3.21. The number of hydrogen-bond donors (Lipinski definition) is 1. The molecule has 3 rings (SSSR count). The van der Waals surface area contributed by atoms with Gasteiger partial charge in [0.05, 0.1) is 5.69 Å². The van der Waals surface area contributed by atoms with Crippen molar-refractivity contribution in [2.75, 3.05) is 16.8 Å². The van der Waals surface area contributed by atoms with Crippen molar-refractivity contribution in [3.8, 4) is 0 Å². The summed E-state index contributed by atoms with van der Waals surface area (Å²) in [6, 6.07) is 17.5. The van der Waals surface area contributed by atoms with E-state index < -0.39 is 0 Å². The van der Waals surface area contributed by atoms with Crippen molar-refractivity contribution in [3.05, 3.63) is 60.2 Å². The third-order valence-corrected chi connectivity index (χ3v) is 3.11. The number of carbonyl (C=O) groups excluding carboxylic acids is 1. The molecule has 0 unspecified atom stereocenters. The van der Waals surface area contributed by atoms with Crippen molar-refractivity contribution >= 4 is 23.2 Å². The zero-order valence-electron chi connectivity index (χ0n) is 11.2. The second kappa shape index (κ2) is 5.17. The maximum absolute atomic E-state index is 12.0. The molecule has 0 saturated carbocycles. The van der Waals surface area contributed by atoms with Crippen molar-refractivity contribution in [3.63, 3.8) is 0 Å². The second-order valence-electron chi connectivity index (χ2n) is 4.70. The zero-order chi connectivity index (χ0) is 13.9. The van der Waals surface area contributed by atoms with E-state index in [4.69, 9.17) is 0 Å². The molecule has 4 heteroatoms. The molecule has 0 spiro atoms. The highest BCUT2D eigenvalue weighted by Gasteiger charge is 2.26. The van der Waals surface area contributed by atoms with Crippen LogP contribution in [0.2, 0.25) is 0 Å². The normalized spacial score (nSPS) is 14.3. The van der Waals surface area contributed by atoms with Gasteiger partial charge in [0.1, 0.15) is 6.54 Å². The molecule has 1 aliphatic heterocycles. The van der Waals surface area contributed by atoms with Crippen LogP contribution in [0.25, 0.3) is 0 Å². The van der Waals surface area contributed by atoms with Gasteiger partial charge in [0, 0.05) is 5.69 Å². The maximum Gasteiger partial charge on any atom is 0.255 e. The number of amides is 1. The van der Waals surface area contributed by atoms with Crippen LogP contribution in [0, 0.1) is 6.92 Å². The van der Waals surface area contributed by atoms with Crippen LogP contribution in [0.15, 0.2) is 59.6 Å². The quantitative estimate of drug-likeness (QED) is 0.907. The van der Waals surface area contributed by atoms with E-state index >= 15 is 0 Å². The van der Waals surface area contributed by atoms with Crippen LogP contribution in [0.3, 0.4) is 0 Å². The molecule has 20 heavy (non-hydrogen) atoms. The van der Waals surface area contributed by atoms with Gasteiger partial charge in [-0.15, -0.1) is 0 Å². The number of nitrogens with one attached hydrogen (secondary N) is 1. The first-order chi connectivity index (χ1) is 9.74. The molecule has 1 aliphatic rings. The number of benzene rings is 2. The van der Waals surface area contributed by atoms with E-state index in [0.29, 0.717) is 5.96 Å². The van der Waals surface area contributed by atoms with Crippen LogP contribution in [0.5, 0.6) is 0 Å². The molecule has 1 heterocycles. The average Bonchev–Trinajstić information content (AvgIpc) is 2.81. The van der Waals surface area contributed by atoms with Crippen molar-refractivity contribution in [2.24, 2.45) is 4.99 Å². The Morgan fingerprint density at radius 1 is 1.10 bits per heavy atom. The van der Waals surface area contributed by atoms with Crippen LogP contribution >= 0.6 is 0 Å². The van der Waals surface area contributed by atoms with Crippen LogP contribution in [-0.4, -0.2) is 18.4 Å². The lowest BCUT2D eigenvalue weighted by molar-refractivity contribution is -0.115. The lowest BCUT2D eigenvalue weighted by Gasteiger charge is -2.19. The number of guanidine groups is 1. The van der Waals surface area contributed by atoms with Crippen molar-refractivity contribution in [1.82, 2.24) is 0 Å². The smallest absolute Gasteiger partial charge is 0.255 e. The van der Waals surface area contributed by atoms with Crippen molar-refractivity contribution in [1.29, 1.82) is 0 Å². The number of carbonyl (C=O) groups is 1. The fourth-order valence-electron chi connectivity index (χ4n) is 2.19. The minimum atomic E-state index is -0.0219. The first-order valence-corrected chi connectivity index (χ1v) is 6.50. The Balaban J connectivity index is 1.87. The summed E-state index contributed by atoms with van der Waals surface area (Å²) in [6.45, 7) is 2.21. The molecule has 0 fully saturated rings. The predicted octanol–water partition coefficient (Wildman–Crippen LogP) is 2.81. The molecule has 2 aromatic carbocycles. The highest BCUT2D eigenvalue weighted by atomic mass is 16.2. The lowest BCUT2D eigenvalue weighted by Crippen LogP contribution is -2.36. The molecule has 100 valence electrons. The standard InChI is InChI=1S/C16H15N3O/c1-12-6-5-7-13(10-12)18-16-17-11-15(20)19(16)14-8-3-2-4-9-14/h2-10H,11H2,1H3,(H,17,18). The van der Waals surface area contributed by atoms with E-state index in [-0.39, 0.29) is 12.5 Å². The minimum absolute atomic E-state index is 0.0219. The van der Waals surface area contributed by atoms with Crippen molar-refractivity contribution < 1.29 is 4.79 Å². The molecule has 0 radical (unpaired) electrons. The Morgan fingerprint density at radius 2 is 1.90 bits per heavy atom. The highest BCUT2D eigenvalue weighted by Crippen LogP contribution is 2.19. The topological polar surface area (TPSA) is 44.7 Å². The van der Waals surface area contributed by atoms with Crippen LogP contribution in [0.4, 0.5) is 11.4 Å². The summed E-state index contributed by atoms with van der Waals surface area (Å²) in [4.78, 5) is 17.9. The summed E-state index contributed by atoms with van der Waals surface area (Å²) in [7, 11) is 0. The first-order valence-electron chi connectivity index (χ1n) is 6.50. The number of rotatable bonds is 2. The van der Waals surface area contributed by atoms with E-state index in [0.717, 1.165) is 16.9 Å². The third kappa shape index (κ3) is 2.40. The number of aryl methyl sites for hydroxylation is 1. The van der Waals surface area contributed by atoms with Gasteiger partial charge in [0.15, 0.2) is 0 Å². The molecule has 0 atom stereocenters. The SMILES string of the molecule is Cc1cccc(NC2=NCC(=O)N2c2ccccc2)c1. The van der Waals surface area contributed by atoms with E-state index in [1.165, 1.54) is 0 Å². The summed E-state index contributed by atoms with van der Waals surface area (Å²) in [5.74, 6) is 0.554. The Labute approximate surface area is 117 Å². The Morgan fingerprint density at radius 3 is 2.65 bits per heavy atom. The van der Waals surface area contributed by atoms with E-state index in [1.54, 1.807) is 4.90 Å². The van der Waals surface area contributed by atoms with Crippen molar-refractivity contribution in [2.45, 2.75) is 6.92 Å². The Hall–Kier alpha value is -2.62. The number of aliphatic imine (C=N–C) groups is 1. The van der Waals surface area contributed by atoms with Crippen LogP contribution < -0.4 is 10.2 Å². The number of hydrogen-bond acceptors (Lipinski definition) is 3. The average molecular weight is 265 g/mol. The molecule has 1 N–H and O–H groups in total. The number of nitrogens with zero attached hydrogens (tertiary/aromatic N) is 2. The summed E-state index contributed by atoms with van der Waals surface area (Å²) in [6.07, 6.45) is 0.